The number of rotatable bonds is 6. The molecule has 0 unspecified atom stereocenters. The fourth-order valence-electron chi connectivity index (χ4n) is 0.557. The first-order valence-electron chi connectivity index (χ1n) is 3.83. The number of hydrogen-bond donors (Lipinski definition) is 4. The van der Waals surface area contributed by atoms with Crippen molar-refractivity contribution < 1.29 is 20.1 Å². The molecular formula is C8H15NO4. The summed E-state index contributed by atoms with van der Waals surface area (Å²) in [6, 6.07) is 0. The molecule has 0 fully saturated rings. The van der Waals surface area contributed by atoms with Gasteiger partial charge in [0, 0.05) is 12.1 Å². The largest absolute Gasteiger partial charge is 0.478 e. The highest BCUT2D eigenvalue weighted by atomic mass is 16.4. The van der Waals surface area contributed by atoms with Crippen LogP contribution in [0.5, 0.6) is 0 Å². The third-order valence-electron chi connectivity index (χ3n) is 1.73. The highest BCUT2D eigenvalue weighted by Crippen LogP contribution is 2.01. The predicted octanol–water partition coefficient (Wildman–Crippen LogP) is -1.04. The van der Waals surface area contributed by atoms with Crippen molar-refractivity contribution in [1.29, 1.82) is 0 Å². The molecule has 4 N–H and O–H groups in total. The molecule has 0 saturated heterocycles. The first-order chi connectivity index (χ1) is 5.95. The van der Waals surface area contributed by atoms with Gasteiger partial charge in [-0.05, 0) is 6.92 Å². The van der Waals surface area contributed by atoms with Crippen LogP contribution >= 0.6 is 0 Å². The van der Waals surface area contributed by atoms with Gasteiger partial charge < -0.3 is 20.6 Å². The molecule has 13 heavy (non-hydrogen) atoms. The normalized spacial score (nSPS) is 11.3. The molecule has 0 heterocycles. The molecular weight excluding hydrogens is 174 g/mol. The Morgan fingerprint density at radius 3 is 2.23 bits per heavy atom. The zero-order valence-electron chi connectivity index (χ0n) is 7.58. The van der Waals surface area contributed by atoms with Crippen LogP contribution in [-0.2, 0) is 4.79 Å². The molecule has 76 valence electrons. The average Bonchev–Trinajstić information content (AvgIpc) is 2.13. The van der Waals surface area contributed by atoms with Gasteiger partial charge in [0.25, 0.3) is 0 Å². The predicted molar refractivity (Wildman–Crippen MR) is 47.4 cm³/mol. The van der Waals surface area contributed by atoms with E-state index in [1.807, 2.05) is 0 Å². The van der Waals surface area contributed by atoms with Crippen LogP contribution < -0.4 is 5.32 Å². The van der Waals surface area contributed by atoms with Gasteiger partial charge in [0.05, 0.1) is 18.8 Å². The number of aliphatic hydroxyl groups is 2. The summed E-state index contributed by atoms with van der Waals surface area (Å²) in [6.07, 6.45) is 0. The second kappa shape index (κ2) is 4.96. The van der Waals surface area contributed by atoms with E-state index in [1.165, 1.54) is 0 Å². The molecule has 0 bridgehead atoms. The Balaban J connectivity index is 4.00. The van der Waals surface area contributed by atoms with Crippen molar-refractivity contribution in [1.82, 2.24) is 5.32 Å². The fourth-order valence-corrected chi connectivity index (χ4v) is 0.557. The van der Waals surface area contributed by atoms with Crippen molar-refractivity contribution in [3.63, 3.8) is 0 Å². The fraction of sp³-hybridized carbons (Fsp3) is 0.625. The van der Waals surface area contributed by atoms with E-state index >= 15 is 0 Å². The summed E-state index contributed by atoms with van der Waals surface area (Å²) in [5, 5.41) is 28.8. The first kappa shape index (κ1) is 12.1. The van der Waals surface area contributed by atoms with Gasteiger partial charge in [0.2, 0.25) is 0 Å². The lowest BCUT2D eigenvalue weighted by Gasteiger charge is -2.26. The van der Waals surface area contributed by atoms with Gasteiger partial charge in [-0.2, -0.15) is 0 Å². The number of aliphatic carboxylic acids is 1. The maximum atomic E-state index is 10.3. The lowest BCUT2D eigenvalue weighted by atomic mass is 10.1. The minimum absolute atomic E-state index is 0.00637. The van der Waals surface area contributed by atoms with Gasteiger partial charge in [0.15, 0.2) is 0 Å². The van der Waals surface area contributed by atoms with Crippen LogP contribution in [0, 0.1) is 0 Å². The van der Waals surface area contributed by atoms with Crippen LogP contribution in [-0.4, -0.2) is 46.6 Å². The van der Waals surface area contributed by atoms with Crippen molar-refractivity contribution in [3.8, 4) is 0 Å². The standard InChI is InChI=1S/C8H15NO4/c1-6(7(12)13)3-9-8(2,4-10)5-11/h9-11H,1,3-5H2,2H3,(H,12,13). The van der Waals surface area contributed by atoms with Crippen LogP contribution in [0.25, 0.3) is 0 Å². The van der Waals surface area contributed by atoms with E-state index in [0.717, 1.165) is 0 Å². The molecule has 0 aliphatic rings. The number of nitrogens with one attached hydrogen (secondary N) is 1. The Bertz CT molecular complexity index is 198. The molecule has 0 aliphatic heterocycles. The van der Waals surface area contributed by atoms with Crippen LogP contribution in [0.15, 0.2) is 12.2 Å². The second-order valence-electron chi connectivity index (χ2n) is 3.14. The summed E-state index contributed by atoms with van der Waals surface area (Å²) >= 11 is 0. The van der Waals surface area contributed by atoms with E-state index in [4.69, 9.17) is 15.3 Å². The maximum Gasteiger partial charge on any atom is 0.332 e. The van der Waals surface area contributed by atoms with Crippen LogP contribution in [0.1, 0.15) is 6.92 Å². The molecule has 0 atom stereocenters. The van der Waals surface area contributed by atoms with Gasteiger partial charge >= 0.3 is 5.97 Å². The minimum Gasteiger partial charge on any atom is -0.478 e. The molecule has 0 aliphatic carbocycles. The highest BCUT2D eigenvalue weighted by molar-refractivity contribution is 5.86. The number of hydrogen-bond acceptors (Lipinski definition) is 4. The summed E-state index contributed by atoms with van der Waals surface area (Å²) < 4.78 is 0. The van der Waals surface area contributed by atoms with Crippen LogP contribution in [0.4, 0.5) is 0 Å². The SMILES string of the molecule is C=C(CNC(C)(CO)CO)C(=O)O. The number of aliphatic hydroxyl groups excluding tert-OH is 2. The van der Waals surface area contributed by atoms with E-state index in [9.17, 15) is 4.79 Å². The third kappa shape index (κ3) is 4.02. The van der Waals surface area contributed by atoms with Gasteiger partial charge in [-0.25, -0.2) is 4.79 Å². The van der Waals surface area contributed by atoms with Crippen LogP contribution in [0.3, 0.4) is 0 Å². The number of carboxylic acid groups (broad SMARTS) is 1. The monoisotopic (exact) mass is 189 g/mol. The summed E-state index contributed by atoms with van der Waals surface area (Å²) in [5.74, 6) is -1.09. The zero-order chi connectivity index (χ0) is 10.5. The summed E-state index contributed by atoms with van der Waals surface area (Å²) in [6.45, 7) is 4.39. The Kier molecular flexibility index (Phi) is 4.61. The van der Waals surface area contributed by atoms with E-state index in [2.05, 4.69) is 11.9 Å². The van der Waals surface area contributed by atoms with E-state index < -0.39 is 11.5 Å². The van der Waals surface area contributed by atoms with E-state index in [0.29, 0.717) is 0 Å². The molecule has 5 nitrogen and oxygen atoms in total. The van der Waals surface area contributed by atoms with Gasteiger partial charge in [-0.15, -0.1) is 0 Å². The maximum absolute atomic E-state index is 10.3. The highest BCUT2D eigenvalue weighted by Gasteiger charge is 2.22. The van der Waals surface area contributed by atoms with Crippen molar-refractivity contribution >= 4 is 5.97 Å². The quantitative estimate of drug-likeness (QED) is 0.401. The van der Waals surface area contributed by atoms with Gasteiger partial charge in [0.1, 0.15) is 0 Å². The van der Waals surface area contributed by atoms with Gasteiger partial charge in [-0.3, -0.25) is 0 Å². The molecule has 0 rings (SSSR count). The molecule has 0 aromatic carbocycles. The first-order valence-corrected chi connectivity index (χ1v) is 3.83. The Hall–Kier alpha value is -0.910. The zero-order valence-corrected chi connectivity index (χ0v) is 7.58. The second-order valence-corrected chi connectivity index (χ2v) is 3.14. The topological polar surface area (TPSA) is 89.8 Å². The average molecular weight is 189 g/mol. The molecule has 0 aromatic rings. The lowest BCUT2D eigenvalue weighted by molar-refractivity contribution is -0.132. The van der Waals surface area contributed by atoms with Crippen molar-refractivity contribution in [2.75, 3.05) is 19.8 Å². The molecule has 5 heteroatoms. The minimum atomic E-state index is -1.09. The smallest absolute Gasteiger partial charge is 0.332 e. The van der Waals surface area contributed by atoms with E-state index in [1.54, 1.807) is 6.92 Å². The Morgan fingerprint density at radius 1 is 1.46 bits per heavy atom. The van der Waals surface area contributed by atoms with Crippen molar-refractivity contribution in [2.24, 2.45) is 0 Å². The van der Waals surface area contributed by atoms with Gasteiger partial charge in [-0.1, -0.05) is 6.58 Å². The van der Waals surface area contributed by atoms with Crippen LogP contribution in [0.2, 0.25) is 0 Å². The summed E-state index contributed by atoms with van der Waals surface area (Å²) in [4.78, 5) is 10.3. The van der Waals surface area contributed by atoms with Crippen molar-refractivity contribution in [3.05, 3.63) is 12.2 Å². The lowest BCUT2D eigenvalue weighted by Crippen LogP contribution is -2.49. The molecule has 0 spiro atoms. The Labute approximate surface area is 76.7 Å². The molecule has 0 radical (unpaired) electrons. The molecule has 0 aromatic heterocycles. The number of carbonyl (C=O) groups is 1. The molecule has 0 amide bonds. The summed E-state index contributed by atoms with van der Waals surface area (Å²) in [5.41, 5.74) is -0.869. The Morgan fingerprint density at radius 2 is 1.92 bits per heavy atom. The summed E-state index contributed by atoms with van der Waals surface area (Å²) in [7, 11) is 0. The third-order valence-corrected chi connectivity index (χ3v) is 1.73. The molecule has 0 saturated carbocycles. The van der Waals surface area contributed by atoms with E-state index in [-0.39, 0.29) is 25.3 Å². The number of carboxylic acids is 1. The van der Waals surface area contributed by atoms with Crippen molar-refractivity contribution in [2.45, 2.75) is 12.5 Å².